The Hall–Kier alpha value is -3.14. The average Bonchev–Trinajstić information content (AvgIpc) is 2.58. The molecule has 1 aromatic heterocycles. The minimum atomic E-state index is -0.390. The highest BCUT2D eigenvalue weighted by atomic mass is 16.5. The molecular formula is C18H13NO3. The molecule has 0 bridgehead atoms. The summed E-state index contributed by atoms with van der Waals surface area (Å²) < 4.78 is 10.9. The van der Waals surface area contributed by atoms with Gasteiger partial charge >= 0.3 is 5.97 Å². The molecule has 3 aromatic rings. The van der Waals surface area contributed by atoms with E-state index in [1.807, 2.05) is 18.2 Å². The van der Waals surface area contributed by atoms with Crippen LogP contribution in [-0.2, 0) is 0 Å². The fourth-order valence-electron chi connectivity index (χ4n) is 1.84. The number of carbonyl (C=O) groups is 1. The first-order valence-corrected chi connectivity index (χ1v) is 6.77. The van der Waals surface area contributed by atoms with Crippen molar-refractivity contribution < 1.29 is 14.3 Å². The second kappa shape index (κ2) is 6.54. The molecule has 0 saturated carbocycles. The van der Waals surface area contributed by atoms with Crippen LogP contribution in [0.5, 0.6) is 17.4 Å². The van der Waals surface area contributed by atoms with Crippen molar-refractivity contribution in [2.45, 2.75) is 0 Å². The van der Waals surface area contributed by atoms with Crippen molar-refractivity contribution in [3.05, 3.63) is 84.6 Å². The first kappa shape index (κ1) is 13.8. The Morgan fingerprint density at radius 3 is 2.14 bits per heavy atom. The third-order valence-electron chi connectivity index (χ3n) is 2.90. The number of hydrogen-bond acceptors (Lipinski definition) is 4. The molecule has 3 rings (SSSR count). The number of carbonyl (C=O) groups excluding carboxylic acids is 1. The lowest BCUT2D eigenvalue weighted by Crippen LogP contribution is -2.07. The summed E-state index contributed by atoms with van der Waals surface area (Å²) in [6.07, 6.45) is 1.66. The van der Waals surface area contributed by atoms with Crippen molar-refractivity contribution in [3.63, 3.8) is 0 Å². The fraction of sp³-hybridized carbons (Fsp3) is 0. The van der Waals surface area contributed by atoms with Gasteiger partial charge < -0.3 is 9.47 Å². The van der Waals surface area contributed by atoms with Crippen LogP contribution < -0.4 is 9.47 Å². The first-order chi connectivity index (χ1) is 10.8. The van der Waals surface area contributed by atoms with Gasteiger partial charge in [0.05, 0.1) is 5.56 Å². The molecule has 1 heterocycles. The van der Waals surface area contributed by atoms with Crippen molar-refractivity contribution >= 4 is 5.97 Å². The number of nitrogens with zero attached hydrogens (tertiary/aromatic N) is 1. The number of ether oxygens (including phenoxy) is 2. The second-order valence-corrected chi connectivity index (χ2v) is 4.50. The van der Waals surface area contributed by atoms with E-state index in [2.05, 4.69) is 4.98 Å². The standard InChI is InChI=1S/C18H13NO3/c20-18(14-6-2-1-3-7-14)22-16-11-9-15(10-12-16)21-17-8-4-5-13-19-17/h1-13H. The molecule has 0 aliphatic heterocycles. The van der Waals surface area contributed by atoms with Crippen LogP contribution in [0.4, 0.5) is 0 Å². The lowest BCUT2D eigenvalue weighted by Gasteiger charge is -2.06. The smallest absolute Gasteiger partial charge is 0.343 e. The van der Waals surface area contributed by atoms with Gasteiger partial charge in [-0.2, -0.15) is 0 Å². The summed E-state index contributed by atoms with van der Waals surface area (Å²) in [5, 5.41) is 0. The van der Waals surface area contributed by atoms with Crippen LogP contribution in [0.15, 0.2) is 79.0 Å². The van der Waals surface area contributed by atoms with Gasteiger partial charge in [-0.25, -0.2) is 9.78 Å². The summed E-state index contributed by atoms with van der Waals surface area (Å²) in [6, 6.07) is 21.1. The molecule has 0 atom stereocenters. The van der Waals surface area contributed by atoms with Gasteiger partial charge in [0.25, 0.3) is 0 Å². The predicted molar refractivity (Wildman–Crippen MR) is 82.2 cm³/mol. The van der Waals surface area contributed by atoms with Gasteiger partial charge in [0.2, 0.25) is 5.88 Å². The van der Waals surface area contributed by atoms with Crippen molar-refractivity contribution in [2.24, 2.45) is 0 Å². The van der Waals surface area contributed by atoms with Crippen LogP contribution in [0.1, 0.15) is 10.4 Å². The Labute approximate surface area is 128 Å². The van der Waals surface area contributed by atoms with Gasteiger partial charge in [-0.1, -0.05) is 24.3 Å². The molecule has 4 heteroatoms. The van der Waals surface area contributed by atoms with Crippen LogP contribution >= 0.6 is 0 Å². The molecule has 0 unspecified atom stereocenters. The maximum atomic E-state index is 11.9. The lowest BCUT2D eigenvalue weighted by atomic mass is 10.2. The van der Waals surface area contributed by atoms with Gasteiger partial charge in [0, 0.05) is 12.3 Å². The SMILES string of the molecule is O=C(Oc1ccc(Oc2ccccn2)cc1)c1ccccc1. The van der Waals surface area contributed by atoms with Crippen LogP contribution in [-0.4, -0.2) is 11.0 Å². The van der Waals surface area contributed by atoms with Crippen LogP contribution in [0.2, 0.25) is 0 Å². The maximum Gasteiger partial charge on any atom is 0.343 e. The molecule has 22 heavy (non-hydrogen) atoms. The zero-order valence-electron chi connectivity index (χ0n) is 11.7. The van der Waals surface area contributed by atoms with E-state index in [1.165, 1.54) is 0 Å². The molecule has 0 N–H and O–H groups in total. The highest BCUT2D eigenvalue weighted by Gasteiger charge is 2.07. The summed E-state index contributed by atoms with van der Waals surface area (Å²) in [7, 11) is 0. The van der Waals surface area contributed by atoms with Crippen molar-refractivity contribution in [2.75, 3.05) is 0 Å². The van der Waals surface area contributed by atoms with E-state index in [0.29, 0.717) is 22.9 Å². The Morgan fingerprint density at radius 2 is 1.45 bits per heavy atom. The molecule has 4 nitrogen and oxygen atoms in total. The monoisotopic (exact) mass is 291 g/mol. The zero-order valence-corrected chi connectivity index (χ0v) is 11.7. The Morgan fingerprint density at radius 1 is 0.773 bits per heavy atom. The second-order valence-electron chi connectivity index (χ2n) is 4.50. The highest BCUT2D eigenvalue weighted by molar-refractivity contribution is 5.90. The molecule has 2 aromatic carbocycles. The van der Waals surface area contributed by atoms with E-state index < -0.39 is 0 Å². The zero-order chi connectivity index (χ0) is 15.2. The van der Waals surface area contributed by atoms with Gasteiger partial charge in [0.15, 0.2) is 0 Å². The number of aromatic nitrogens is 1. The van der Waals surface area contributed by atoms with E-state index in [9.17, 15) is 4.79 Å². The molecule has 0 radical (unpaired) electrons. The summed E-state index contributed by atoms with van der Waals surface area (Å²) in [5.74, 6) is 1.20. The normalized spacial score (nSPS) is 10.0. The number of pyridine rings is 1. The summed E-state index contributed by atoms with van der Waals surface area (Å²) in [4.78, 5) is 16.0. The summed E-state index contributed by atoms with van der Waals surface area (Å²) >= 11 is 0. The molecule has 0 spiro atoms. The topological polar surface area (TPSA) is 48.4 Å². The summed E-state index contributed by atoms with van der Waals surface area (Å²) in [6.45, 7) is 0. The molecule has 0 saturated heterocycles. The quantitative estimate of drug-likeness (QED) is 0.536. The molecule has 0 amide bonds. The van der Waals surface area contributed by atoms with E-state index in [4.69, 9.17) is 9.47 Å². The number of esters is 1. The third-order valence-corrected chi connectivity index (χ3v) is 2.90. The molecule has 0 aliphatic carbocycles. The summed E-state index contributed by atoms with van der Waals surface area (Å²) in [5.41, 5.74) is 0.510. The van der Waals surface area contributed by atoms with Crippen LogP contribution in [0.25, 0.3) is 0 Å². The van der Waals surface area contributed by atoms with Gasteiger partial charge in [-0.3, -0.25) is 0 Å². The van der Waals surface area contributed by atoms with Crippen molar-refractivity contribution in [1.82, 2.24) is 4.98 Å². The van der Waals surface area contributed by atoms with E-state index in [0.717, 1.165) is 0 Å². The first-order valence-electron chi connectivity index (χ1n) is 6.77. The van der Waals surface area contributed by atoms with E-state index >= 15 is 0 Å². The number of benzene rings is 2. The minimum absolute atomic E-state index is 0.390. The Bertz CT molecular complexity index is 740. The van der Waals surface area contributed by atoms with Crippen LogP contribution in [0, 0.1) is 0 Å². The minimum Gasteiger partial charge on any atom is -0.439 e. The van der Waals surface area contributed by atoms with Crippen molar-refractivity contribution in [1.29, 1.82) is 0 Å². The highest BCUT2D eigenvalue weighted by Crippen LogP contribution is 2.22. The number of hydrogen-bond donors (Lipinski definition) is 0. The Kier molecular flexibility index (Phi) is 4.11. The average molecular weight is 291 g/mol. The fourth-order valence-corrected chi connectivity index (χ4v) is 1.84. The predicted octanol–water partition coefficient (Wildman–Crippen LogP) is 4.09. The Balaban J connectivity index is 1.66. The van der Waals surface area contributed by atoms with E-state index in [1.54, 1.807) is 60.8 Å². The maximum absolute atomic E-state index is 11.9. The van der Waals surface area contributed by atoms with Gasteiger partial charge in [-0.05, 0) is 42.5 Å². The molecule has 0 fully saturated rings. The number of rotatable bonds is 4. The van der Waals surface area contributed by atoms with Gasteiger partial charge in [0.1, 0.15) is 11.5 Å². The lowest BCUT2D eigenvalue weighted by molar-refractivity contribution is 0.0734. The third kappa shape index (κ3) is 3.49. The van der Waals surface area contributed by atoms with E-state index in [-0.39, 0.29) is 5.97 Å². The largest absolute Gasteiger partial charge is 0.439 e. The molecule has 0 aliphatic rings. The molecule has 108 valence electrons. The van der Waals surface area contributed by atoms with Gasteiger partial charge in [-0.15, -0.1) is 0 Å². The van der Waals surface area contributed by atoms with Crippen LogP contribution in [0.3, 0.4) is 0 Å². The molecular weight excluding hydrogens is 278 g/mol. The van der Waals surface area contributed by atoms with Crippen molar-refractivity contribution in [3.8, 4) is 17.4 Å².